The van der Waals surface area contributed by atoms with Crippen molar-refractivity contribution in [3.8, 4) is 0 Å². The van der Waals surface area contributed by atoms with Crippen LogP contribution in [0.3, 0.4) is 0 Å². The van der Waals surface area contributed by atoms with E-state index in [1.165, 1.54) is 18.3 Å². The zero-order valence-electron chi connectivity index (χ0n) is 11.6. The SMILES string of the molecule is CC(=O)Nc1ccc(C(=O)Nc2cccc(C)c2C)s1. The van der Waals surface area contributed by atoms with Gasteiger partial charge in [-0.15, -0.1) is 11.3 Å². The highest BCUT2D eigenvalue weighted by atomic mass is 32.1. The van der Waals surface area contributed by atoms with Crippen molar-refractivity contribution in [3.05, 3.63) is 46.3 Å². The number of carbonyl (C=O) groups excluding carboxylic acids is 2. The number of anilines is 2. The molecule has 2 rings (SSSR count). The van der Waals surface area contributed by atoms with Crippen LogP contribution in [0.5, 0.6) is 0 Å². The lowest BCUT2D eigenvalue weighted by molar-refractivity contribution is -0.114. The van der Waals surface area contributed by atoms with Crippen LogP contribution in [-0.2, 0) is 4.79 Å². The Morgan fingerprint density at radius 2 is 1.80 bits per heavy atom. The second kappa shape index (κ2) is 5.88. The summed E-state index contributed by atoms with van der Waals surface area (Å²) in [6, 6.07) is 9.23. The van der Waals surface area contributed by atoms with Gasteiger partial charge in [-0.25, -0.2) is 0 Å². The Morgan fingerprint density at radius 3 is 2.50 bits per heavy atom. The number of rotatable bonds is 3. The highest BCUT2D eigenvalue weighted by molar-refractivity contribution is 7.18. The lowest BCUT2D eigenvalue weighted by Gasteiger charge is -2.09. The average Bonchev–Trinajstić information content (AvgIpc) is 2.82. The van der Waals surface area contributed by atoms with Gasteiger partial charge >= 0.3 is 0 Å². The molecule has 1 aromatic carbocycles. The summed E-state index contributed by atoms with van der Waals surface area (Å²) in [4.78, 5) is 23.7. The van der Waals surface area contributed by atoms with Crippen molar-refractivity contribution in [3.63, 3.8) is 0 Å². The van der Waals surface area contributed by atoms with Gasteiger partial charge in [0.15, 0.2) is 0 Å². The normalized spacial score (nSPS) is 10.2. The Morgan fingerprint density at radius 1 is 1.05 bits per heavy atom. The van der Waals surface area contributed by atoms with Crippen LogP contribution in [0.4, 0.5) is 10.7 Å². The van der Waals surface area contributed by atoms with Crippen molar-refractivity contribution in [2.24, 2.45) is 0 Å². The number of aryl methyl sites for hydroxylation is 1. The molecule has 0 aliphatic rings. The lowest BCUT2D eigenvalue weighted by atomic mass is 10.1. The molecule has 2 amide bonds. The fourth-order valence-corrected chi connectivity index (χ4v) is 2.62. The zero-order chi connectivity index (χ0) is 14.7. The number of amides is 2. The third kappa shape index (κ3) is 3.24. The topological polar surface area (TPSA) is 58.2 Å². The summed E-state index contributed by atoms with van der Waals surface area (Å²) in [5, 5.41) is 6.23. The smallest absolute Gasteiger partial charge is 0.265 e. The summed E-state index contributed by atoms with van der Waals surface area (Å²) in [7, 11) is 0. The van der Waals surface area contributed by atoms with Crippen LogP contribution in [-0.4, -0.2) is 11.8 Å². The van der Waals surface area contributed by atoms with Crippen molar-refractivity contribution >= 4 is 33.8 Å². The molecular weight excluding hydrogens is 272 g/mol. The standard InChI is InChI=1S/C15H16N2O2S/c1-9-5-4-6-12(10(9)2)17-15(19)13-7-8-14(20-13)16-11(3)18/h4-8H,1-3H3,(H,16,18)(H,17,19). The van der Waals surface area contributed by atoms with Crippen LogP contribution < -0.4 is 10.6 Å². The number of thiophene rings is 1. The van der Waals surface area contributed by atoms with E-state index in [-0.39, 0.29) is 11.8 Å². The van der Waals surface area contributed by atoms with E-state index in [2.05, 4.69) is 10.6 Å². The first-order valence-corrected chi connectivity index (χ1v) is 7.04. The monoisotopic (exact) mass is 288 g/mol. The van der Waals surface area contributed by atoms with Crippen molar-refractivity contribution in [2.45, 2.75) is 20.8 Å². The van der Waals surface area contributed by atoms with Crippen LogP contribution >= 0.6 is 11.3 Å². The van der Waals surface area contributed by atoms with Crippen molar-refractivity contribution in [2.75, 3.05) is 10.6 Å². The maximum Gasteiger partial charge on any atom is 0.265 e. The van der Waals surface area contributed by atoms with Gasteiger partial charge in [0.05, 0.1) is 9.88 Å². The molecule has 2 aromatic rings. The molecule has 0 aliphatic heterocycles. The molecule has 0 radical (unpaired) electrons. The molecule has 0 unspecified atom stereocenters. The average molecular weight is 288 g/mol. The highest BCUT2D eigenvalue weighted by Gasteiger charge is 2.11. The highest BCUT2D eigenvalue weighted by Crippen LogP contribution is 2.24. The number of hydrogen-bond donors (Lipinski definition) is 2. The van der Waals surface area contributed by atoms with E-state index in [0.29, 0.717) is 9.88 Å². The van der Waals surface area contributed by atoms with Crippen LogP contribution in [0.15, 0.2) is 30.3 Å². The molecule has 2 N–H and O–H groups in total. The van der Waals surface area contributed by atoms with Gasteiger partial charge in [0, 0.05) is 12.6 Å². The van der Waals surface area contributed by atoms with Gasteiger partial charge in [-0.3, -0.25) is 9.59 Å². The maximum atomic E-state index is 12.2. The Kier molecular flexibility index (Phi) is 4.20. The van der Waals surface area contributed by atoms with Crippen molar-refractivity contribution in [1.82, 2.24) is 0 Å². The number of carbonyl (C=O) groups is 2. The van der Waals surface area contributed by atoms with Gasteiger partial charge in [-0.05, 0) is 43.2 Å². The second-order valence-corrected chi connectivity index (χ2v) is 5.63. The van der Waals surface area contributed by atoms with Gasteiger partial charge in [0.2, 0.25) is 5.91 Å². The Labute approximate surface area is 121 Å². The lowest BCUT2D eigenvalue weighted by Crippen LogP contribution is -2.11. The fraction of sp³-hybridized carbons (Fsp3) is 0.200. The summed E-state index contributed by atoms with van der Waals surface area (Å²) in [6.07, 6.45) is 0. The molecule has 0 saturated carbocycles. The predicted octanol–water partition coefficient (Wildman–Crippen LogP) is 3.58. The first-order valence-electron chi connectivity index (χ1n) is 6.22. The Bertz CT molecular complexity index is 662. The van der Waals surface area contributed by atoms with Crippen LogP contribution in [0, 0.1) is 13.8 Å². The van der Waals surface area contributed by atoms with E-state index >= 15 is 0 Å². The van der Waals surface area contributed by atoms with Crippen LogP contribution in [0.2, 0.25) is 0 Å². The Balaban J connectivity index is 2.14. The number of benzene rings is 1. The molecule has 1 heterocycles. The molecule has 0 atom stereocenters. The molecule has 5 heteroatoms. The third-order valence-corrected chi connectivity index (χ3v) is 3.98. The molecule has 0 spiro atoms. The van der Waals surface area contributed by atoms with Gasteiger partial charge in [-0.2, -0.15) is 0 Å². The quantitative estimate of drug-likeness (QED) is 0.907. The molecule has 0 bridgehead atoms. The van der Waals surface area contributed by atoms with Crippen molar-refractivity contribution in [1.29, 1.82) is 0 Å². The summed E-state index contributed by atoms with van der Waals surface area (Å²) in [5.41, 5.74) is 3.00. The summed E-state index contributed by atoms with van der Waals surface area (Å²) in [6.45, 7) is 5.42. The number of hydrogen-bond acceptors (Lipinski definition) is 3. The molecular formula is C15H16N2O2S. The summed E-state index contributed by atoms with van der Waals surface area (Å²) >= 11 is 1.25. The minimum atomic E-state index is -0.166. The van der Waals surface area contributed by atoms with E-state index in [1.54, 1.807) is 12.1 Å². The van der Waals surface area contributed by atoms with E-state index in [0.717, 1.165) is 16.8 Å². The largest absolute Gasteiger partial charge is 0.321 e. The van der Waals surface area contributed by atoms with E-state index in [1.807, 2.05) is 32.0 Å². The molecule has 1 aromatic heterocycles. The minimum Gasteiger partial charge on any atom is -0.321 e. The second-order valence-electron chi connectivity index (χ2n) is 4.55. The van der Waals surface area contributed by atoms with Crippen molar-refractivity contribution < 1.29 is 9.59 Å². The minimum absolute atomic E-state index is 0.145. The van der Waals surface area contributed by atoms with Gasteiger partial charge in [0.25, 0.3) is 5.91 Å². The van der Waals surface area contributed by atoms with Crippen LogP contribution in [0.25, 0.3) is 0 Å². The van der Waals surface area contributed by atoms with E-state index < -0.39 is 0 Å². The molecule has 0 saturated heterocycles. The van der Waals surface area contributed by atoms with E-state index in [9.17, 15) is 9.59 Å². The molecule has 0 aliphatic carbocycles. The zero-order valence-corrected chi connectivity index (χ0v) is 12.4. The summed E-state index contributed by atoms with van der Waals surface area (Å²) in [5.74, 6) is -0.311. The third-order valence-electron chi connectivity index (χ3n) is 2.98. The maximum absolute atomic E-state index is 12.2. The fourth-order valence-electron chi connectivity index (χ4n) is 1.77. The molecule has 4 nitrogen and oxygen atoms in total. The summed E-state index contributed by atoms with van der Waals surface area (Å²) < 4.78 is 0. The predicted molar refractivity (Wildman–Crippen MR) is 82.5 cm³/mol. The molecule has 104 valence electrons. The first-order chi connectivity index (χ1) is 9.47. The van der Waals surface area contributed by atoms with Gasteiger partial charge < -0.3 is 10.6 Å². The molecule has 0 fully saturated rings. The van der Waals surface area contributed by atoms with Gasteiger partial charge in [-0.1, -0.05) is 12.1 Å². The molecule has 20 heavy (non-hydrogen) atoms. The Hall–Kier alpha value is -2.14. The van der Waals surface area contributed by atoms with E-state index in [4.69, 9.17) is 0 Å². The first kappa shape index (κ1) is 14.3. The van der Waals surface area contributed by atoms with Gasteiger partial charge in [0.1, 0.15) is 0 Å². The van der Waals surface area contributed by atoms with Crippen LogP contribution in [0.1, 0.15) is 27.7 Å². The number of nitrogens with one attached hydrogen (secondary N) is 2.